The van der Waals surface area contributed by atoms with Crippen LogP contribution in [0.25, 0.3) is 10.4 Å². The molecule has 1 aliphatic rings. The molecule has 0 aliphatic carbocycles. The predicted octanol–water partition coefficient (Wildman–Crippen LogP) is 2.85. The van der Waals surface area contributed by atoms with E-state index in [-0.39, 0.29) is 5.97 Å². The first-order valence-corrected chi connectivity index (χ1v) is 7.10. The van der Waals surface area contributed by atoms with Crippen LogP contribution in [-0.4, -0.2) is 19.6 Å². The number of thiophene rings is 1. The van der Waals surface area contributed by atoms with Gasteiger partial charge in [0.1, 0.15) is 0 Å². The summed E-state index contributed by atoms with van der Waals surface area (Å²) in [6.45, 7) is 2.03. The number of fused-ring (bicyclic) bond motifs is 1. The van der Waals surface area contributed by atoms with Crippen molar-refractivity contribution in [3.63, 3.8) is 0 Å². The molecule has 0 atom stereocenters. The zero-order valence-corrected chi connectivity index (χ0v) is 11.5. The van der Waals surface area contributed by atoms with E-state index in [1.807, 2.05) is 35.6 Å². The molecule has 0 unspecified atom stereocenters. The van der Waals surface area contributed by atoms with Gasteiger partial charge in [0, 0.05) is 22.8 Å². The Hall–Kier alpha value is -1.65. The van der Waals surface area contributed by atoms with Crippen molar-refractivity contribution in [2.75, 3.05) is 13.7 Å². The average Bonchev–Trinajstić information content (AvgIpc) is 2.90. The van der Waals surface area contributed by atoms with Crippen molar-refractivity contribution in [3.8, 4) is 10.4 Å². The molecule has 4 heteroatoms. The number of esters is 1. The predicted molar refractivity (Wildman–Crippen MR) is 76.5 cm³/mol. The number of hydrogen-bond acceptors (Lipinski definition) is 4. The third kappa shape index (κ3) is 2.41. The van der Waals surface area contributed by atoms with Crippen LogP contribution < -0.4 is 5.32 Å². The monoisotopic (exact) mass is 273 g/mol. The number of ether oxygens (including phenoxy) is 1. The highest BCUT2D eigenvalue weighted by Crippen LogP contribution is 2.33. The van der Waals surface area contributed by atoms with Gasteiger partial charge in [-0.15, -0.1) is 11.3 Å². The van der Waals surface area contributed by atoms with Crippen LogP contribution in [0.3, 0.4) is 0 Å². The molecule has 98 valence electrons. The summed E-state index contributed by atoms with van der Waals surface area (Å²) in [4.78, 5) is 14.1. The largest absolute Gasteiger partial charge is 0.465 e. The normalized spacial score (nSPS) is 13.9. The molecule has 0 fully saturated rings. The van der Waals surface area contributed by atoms with Gasteiger partial charge in [0.25, 0.3) is 0 Å². The van der Waals surface area contributed by atoms with Gasteiger partial charge in [-0.1, -0.05) is 12.1 Å². The molecule has 0 spiro atoms. The number of hydrogen-bond donors (Lipinski definition) is 1. The summed E-state index contributed by atoms with van der Waals surface area (Å²) in [5, 5.41) is 3.38. The van der Waals surface area contributed by atoms with Gasteiger partial charge in [0.05, 0.1) is 12.7 Å². The van der Waals surface area contributed by atoms with Crippen LogP contribution in [0.15, 0.2) is 30.3 Å². The lowest BCUT2D eigenvalue weighted by molar-refractivity contribution is 0.0601. The smallest absolute Gasteiger partial charge is 0.337 e. The van der Waals surface area contributed by atoms with Gasteiger partial charge in [-0.05, 0) is 35.7 Å². The minimum absolute atomic E-state index is 0.291. The molecule has 3 nitrogen and oxygen atoms in total. The Kier molecular flexibility index (Phi) is 3.36. The Morgan fingerprint density at radius 2 is 2.11 bits per heavy atom. The average molecular weight is 273 g/mol. The van der Waals surface area contributed by atoms with E-state index in [2.05, 4.69) is 11.4 Å². The summed E-state index contributed by atoms with van der Waals surface area (Å²) in [6, 6.07) is 9.85. The van der Waals surface area contributed by atoms with Crippen LogP contribution in [0, 0.1) is 0 Å². The Labute approximate surface area is 116 Å². The molecule has 0 saturated heterocycles. The van der Waals surface area contributed by atoms with Crippen LogP contribution in [0.5, 0.6) is 0 Å². The van der Waals surface area contributed by atoms with E-state index in [0.29, 0.717) is 5.56 Å². The number of carbonyl (C=O) groups is 1. The fourth-order valence-electron chi connectivity index (χ4n) is 2.28. The molecule has 0 bridgehead atoms. The van der Waals surface area contributed by atoms with E-state index in [0.717, 1.165) is 25.1 Å². The van der Waals surface area contributed by atoms with Crippen LogP contribution in [0.2, 0.25) is 0 Å². The first-order chi connectivity index (χ1) is 9.28. The second-order valence-electron chi connectivity index (χ2n) is 4.55. The highest BCUT2D eigenvalue weighted by atomic mass is 32.1. The molecular formula is C15H15NO2S. The van der Waals surface area contributed by atoms with Gasteiger partial charge in [-0.3, -0.25) is 0 Å². The van der Waals surface area contributed by atoms with Crippen molar-refractivity contribution in [1.82, 2.24) is 5.32 Å². The molecule has 0 saturated carbocycles. The first-order valence-electron chi connectivity index (χ1n) is 6.29. The van der Waals surface area contributed by atoms with Crippen LogP contribution in [0.1, 0.15) is 20.8 Å². The molecule has 2 aromatic rings. The Bertz CT molecular complexity index is 578. The topological polar surface area (TPSA) is 38.3 Å². The third-order valence-electron chi connectivity index (χ3n) is 3.33. The summed E-state index contributed by atoms with van der Waals surface area (Å²) in [7, 11) is 1.40. The molecule has 1 aromatic carbocycles. The first kappa shape index (κ1) is 12.4. The molecule has 1 aliphatic heterocycles. The molecular weight excluding hydrogens is 258 g/mol. The van der Waals surface area contributed by atoms with E-state index in [1.54, 1.807) is 0 Å². The third-order valence-corrected chi connectivity index (χ3v) is 4.62. The van der Waals surface area contributed by atoms with Crippen LogP contribution in [-0.2, 0) is 17.7 Å². The summed E-state index contributed by atoms with van der Waals surface area (Å²) < 4.78 is 4.70. The molecule has 0 amide bonds. The SMILES string of the molecule is COC(=O)c1ccc(-c2cc3c(s2)CCNC3)cc1. The number of nitrogens with one attached hydrogen (secondary N) is 1. The molecule has 1 N–H and O–H groups in total. The highest BCUT2D eigenvalue weighted by molar-refractivity contribution is 7.15. The van der Waals surface area contributed by atoms with Gasteiger partial charge < -0.3 is 10.1 Å². The Balaban J connectivity index is 1.89. The molecule has 0 radical (unpaired) electrons. The number of rotatable bonds is 2. The number of methoxy groups -OCH3 is 1. The fourth-order valence-corrected chi connectivity index (χ4v) is 3.47. The Morgan fingerprint density at radius 3 is 2.79 bits per heavy atom. The Morgan fingerprint density at radius 1 is 1.32 bits per heavy atom. The second-order valence-corrected chi connectivity index (χ2v) is 5.69. The quantitative estimate of drug-likeness (QED) is 0.855. The molecule has 1 aromatic heterocycles. The highest BCUT2D eigenvalue weighted by Gasteiger charge is 2.14. The van der Waals surface area contributed by atoms with Gasteiger partial charge in [0.2, 0.25) is 0 Å². The number of benzene rings is 1. The zero-order valence-electron chi connectivity index (χ0n) is 10.7. The minimum Gasteiger partial charge on any atom is -0.465 e. The van der Waals surface area contributed by atoms with E-state index in [1.165, 1.54) is 22.4 Å². The van der Waals surface area contributed by atoms with Crippen molar-refractivity contribution in [3.05, 3.63) is 46.3 Å². The van der Waals surface area contributed by atoms with Crippen molar-refractivity contribution < 1.29 is 9.53 Å². The maximum Gasteiger partial charge on any atom is 0.337 e. The van der Waals surface area contributed by atoms with Gasteiger partial charge in [0.15, 0.2) is 0 Å². The van der Waals surface area contributed by atoms with Gasteiger partial charge in [-0.2, -0.15) is 0 Å². The summed E-state index contributed by atoms with van der Waals surface area (Å²) in [5.74, 6) is -0.291. The van der Waals surface area contributed by atoms with Crippen molar-refractivity contribution in [2.45, 2.75) is 13.0 Å². The lowest BCUT2D eigenvalue weighted by Gasteiger charge is -2.10. The number of carbonyl (C=O) groups excluding carboxylic acids is 1. The van der Waals surface area contributed by atoms with Crippen molar-refractivity contribution in [2.24, 2.45) is 0 Å². The zero-order chi connectivity index (χ0) is 13.2. The van der Waals surface area contributed by atoms with E-state index >= 15 is 0 Å². The van der Waals surface area contributed by atoms with E-state index in [9.17, 15) is 4.79 Å². The fraction of sp³-hybridized carbons (Fsp3) is 0.267. The summed E-state index contributed by atoms with van der Waals surface area (Å²) in [6.07, 6.45) is 1.11. The molecule has 19 heavy (non-hydrogen) atoms. The van der Waals surface area contributed by atoms with Gasteiger partial charge in [-0.25, -0.2) is 4.79 Å². The van der Waals surface area contributed by atoms with Crippen molar-refractivity contribution in [1.29, 1.82) is 0 Å². The lowest BCUT2D eigenvalue weighted by Crippen LogP contribution is -2.21. The standard InChI is InChI=1S/C15H15NO2S/c1-18-15(17)11-4-2-10(3-5-11)14-8-12-9-16-7-6-13(12)19-14/h2-5,8,16H,6-7,9H2,1H3. The summed E-state index contributed by atoms with van der Waals surface area (Å²) in [5.41, 5.74) is 3.16. The van der Waals surface area contributed by atoms with E-state index < -0.39 is 0 Å². The molecule has 2 heterocycles. The van der Waals surface area contributed by atoms with Gasteiger partial charge >= 0.3 is 5.97 Å². The van der Waals surface area contributed by atoms with Crippen molar-refractivity contribution >= 4 is 17.3 Å². The van der Waals surface area contributed by atoms with Crippen LogP contribution in [0.4, 0.5) is 0 Å². The summed E-state index contributed by atoms with van der Waals surface area (Å²) >= 11 is 1.85. The maximum atomic E-state index is 11.4. The molecule has 3 rings (SSSR count). The maximum absolute atomic E-state index is 11.4. The second kappa shape index (κ2) is 5.15. The lowest BCUT2D eigenvalue weighted by atomic mass is 10.1. The minimum atomic E-state index is -0.291. The van der Waals surface area contributed by atoms with Crippen LogP contribution >= 0.6 is 11.3 Å². The van der Waals surface area contributed by atoms with E-state index in [4.69, 9.17) is 4.74 Å².